The fourth-order valence-electron chi connectivity index (χ4n) is 3.51. The van der Waals surface area contributed by atoms with E-state index in [0.717, 1.165) is 28.1 Å². The lowest BCUT2D eigenvalue weighted by Gasteiger charge is -2.17. The number of hydrogen-bond donors (Lipinski definition) is 1. The number of nitrogens with zero attached hydrogens (tertiary/aromatic N) is 2. The molecule has 0 radical (unpaired) electrons. The quantitative estimate of drug-likeness (QED) is 0.607. The molecule has 0 aliphatic heterocycles. The Labute approximate surface area is 176 Å². The van der Waals surface area contributed by atoms with Gasteiger partial charge in [-0.15, -0.1) is 0 Å². The monoisotopic (exact) mass is 408 g/mol. The van der Waals surface area contributed by atoms with Crippen molar-refractivity contribution in [2.24, 2.45) is 0 Å². The standard InChI is InChI=1S/C24H28N2O4/c1-15-6-7-16(2)23(18(15)4)30-14-22(28)13-25-12-17(3)26(24(25)29)21-10-8-20(9-11-21)19(5)27/h6-12,22,28H,13-14H2,1-5H3. The molecule has 2 aromatic carbocycles. The summed E-state index contributed by atoms with van der Waals surface area (Å²) in [5.74, 6) is 0.756. The predicted octanol–water partition coefficient (Wildman–Crippen LogP) is 3.52. The minimum atomic E-state index is -0.836. The first kappa shape index (κ1) is 21.6. The van der Waals surface area contributed by atoms with Crippen LogP contribution >= 0.6 is 0 Å². The highest BCUT2D eigenvalue weighted by Gasteiger charge is 2.15. The average molecular weight is 408 g/mol. The molecule has 1 N–H and O–H groups in total. The Balaban J connectivity index is 1.75. The van der Waals surface area contributed by atoms with E-state index in [1.165, 1.54) is 11.5 Å². The third-order valence-corrected chi connectivity index (χ3v) is 5.37. The van der Waals surface area contributed by atoms with Gasteiger partial charge in [0.15, 0.2) is 5.78 Å². The highest BCUT2D eigenvalue weighted by molar-refractivity contribution is 5.94. The first-order valence-corrected chi connectivity index (χ1v) is 9.97. The zero-order valence-electron chi connectivity index (χ0n) is 18.1. The van der Waals surface area contributed by atoms with Gasteiger partial charge in [-0.1, -0.05) is 12.1 Å². The van der Waals surface area contributed by atoms with Crippen LogP contribution in [0.25, 0.3) is 5.69 Å². The largest absolute Gasteiger partial charge is 0.490 e. The second kappa shape index (κ2) is 8.71. The van der Waals surface area contributed by atoms with E-state index in [2.05, 4.69) is 0 Å². The molecule has 6 heteroatoms. The van der Waals surface area contributed by atoms with E-state index in [4.69, 9.17) is 4.74 Å². The molecular weight excluding hydrogens is 380 g/mol. The summed E-state index contributed by atoms with van der Waals surface area (Å²) >= 11 is 0. The van der Waals surface area contributed by atoms with Crippen LogP contribution in [0.2, 0.25) is 0 Å². The molecule has 0 saturated carbocycles. The summed E-state index contributed by atoms with van der Waals surface area (Å²) in [4.78, 5) is 24.3. The van der Waals surface area contributed by atoms with E-state index < -0.39 is 6.10 Å². The Hall–Kier alpha value is -3.12. The van der Waals surface area contributed by atoms with Crippen LogP contribution in [0.4, 0.5) is 0 Å². The van der Waals surface area contributed by atoms with Crippen LogP contribution in [0.3, 0.4) is 0 Å². The summed E-state index contributed by atoms with van der Waals surface area (Å²) in [7, 11) is 0. The maximum absolute atomic E-state index is 12.9. The molecule has 0 bridgehead atoms. The SMILES string of the molecule is CC(=O)c1ccc(-n2c(C)cn(CC(O)COc3c(C)ccc(C)c3C)c2=O)cc1. The van der Waals surface area contributed by atoms with Gasteiger partial charge < -0.3 is 9.84 Å². The summed E-state index contributed by atoms with van der Waals surface area (Å²) in [6.07, 6.45) is 0.880. The molecule has 1 aromatic heterocycles. The number of aliphatic hydroxyl groups is 1. The molecule has 1 atom stereocenters. The van der Waals surface area contributed by atoms with Crippen molar-refractivity contribution in [1.82, 2.24) is 9.13 Å². The third kappa shape index (κ3) is 4.39. The number of carbonyl (C=O) groups is 1. The Kier molecular flexibility index (Phi) is 6.27. The van der Waals surface area contributed by atoms with Gasteiger partial charge in [-0.05, 0) is 75.6 Å². The molecule has 158 valence electrons. The third-order valence-electron chi connectivity index (χ3n) is 5.37. The molecule has 0 fully saturated rings. The summed E-state index contributed by atoms with van der Waals surface area (Å²) in [6, 6.07) is 10.9. The minimum Gasteiger partial charge on any atom is -0.490 e. The molecule has 0 amide bonds. The number of benzene rings is 2. The highest BCUT2D eigenvalue weighted by Crippen LogP contribution is 2.25. The van der Waals surface area contributed by atoms with Gasteiger partial charge >= 0.3 is 5.69 Å². The Morgan fingerprint density at radius 2 is 1.67 bits per heavy atom. The molecule has 0 spiro atoms. The zero-order valence-corrected chi connectivity index (χ0v) is 18.1. The van der Waals surface area contributed by atoms with Crippen LogP contribution in [0, 0.1) is 27.7 Å². The van der Waals surface area contributed by atoms with E-state index in [1.54, 1.807) is 35.0 Å². The van der Waals surface area contributed by atoms with Gasteiger partial charge in [0.1, 0.15) is 18.5 Å². The lowest BCUT2D eigenvalue weighted by molar-refractivity contribution is 0.0909. The van der Waals surface area contributed by atoms with Gasteiger partial charge in [-0.3, -0.25) is 13.9 Å². The second-order valence-electron chi connectivity index (χ2n) is 7.76. The van der Waals surface area contributed by atoms with Gasteiger partial charge in [0.2, 0.25) is 0 Å². The Morgan fingerprint density at radius 3 is 2.30 bits per heavy atom. The van der Waals surface area contributed by atoms with Crippen LogP contribution in [0.5, 0.6) is 5.75 Å². The van der Waals surface area contributed by atoms with Crippen molar-refractivity contribution in [2.75, 3.05) is 6.61 Å². The van der Waals surface area contributed by atoms with E-state index >= 15 is 0 Å². The highest BCUT2D eigenvalue weighted by atomic mass is 16.5. The number of aliphatic hydroxyl groups excluding tert-OH is 1. The molecule has 3 aromatic rings. The van der Waals surface area contributed by atoms with Crippen molar-refractivity contribution in [3.63, 3.8) is 0 Å². The van der Waals surface area contributed by atoms with Crippen LogP contribution < -0.4 is 10.4 Å². The summed E-state index contributed by atoms with van der Waals surface area (Å²) in [5.41, 5.74) is 4.97. The normalized spacial score (nSPS) is 12.1. The topological polar surface area (TPSA) is 73.5 Å². The zero-order chi connectivity index (χ0) is 22.0. The number of aryl methyl sites for hydroxylation is 3. The molecule has 6 nitrogen and oxygen atoms in total. The molecule has 1 heterocycles. The van der Waals surface area contributed by atoms with Crippen LogP contribution in [0.15, 0.2) is 47.4 Å². The lowest BCUT2D eigenvalue weighted by Crippen LogP contribution is -2.31. The minimum absolute atomic E-state index is 0.0228. The van der Waals surface area contributed by atoms with E-state index in [1.807, 2.05) is 39.8 Å². The molecule has 30 heavy (non-hydrogen) atoms. The predicted molar refractivity (Wildman–Crippen MR) is 117 cm³/mol. The van der Waals surface area contributed by atoms with Crippen LogP contribution in [0.1, 0.15) is 39.7 Å². The fraction of sp³-hybridized carbons (Fsp3) is 0.333. The average Bonchev–Trinajstić information content (AvgIpc) is 2.98. The first-order valence-electron chi connectivity index (χ1n) is 9.97. The van der Waals surface area contributed by atoms with Gasteiger partial charge in [0.25, 0.3) is 0 Å². The van der Waals surface area contributed by atoms with Crippen molar-refractivity contribution in [1.29, 1.82) is 0 Å². The number of rotatable bonds is 7. The van der Waals surface area contributed by atoms with Crippen molar-refractivity contribution in [2.45, 2.75) is 47.3 Å². The van der Waals surface area contributed by atoms with Crippen molar-refractivity contribution in [3.05, 3.63) is 81.0 Å². The van der Waals surface area contributed by atoms with Gasteiger partial charge in [0.05, 0.1) is 12.2 Å². The van der Waals surface area contributed by atoms with Crippen molar-refractivity contribution < 1.29 is 14.6 Å². The number of carbonyl (C=O) groups excluding carboxylic acids is 1. The van der Waals surface area contributed by atoms with Crippen molar-refractivity contribution in [3.8, 4) is 11.4 Å². The van der Waals surface area contributed by atoms with E-state index in [-0.39, 0.29) is 24.6 Å². The maximum atomic E-state index is 12.9. The number of ketones is 1. The van der Waals surface area contributed by atoms with Crippen LogP contribution in [-0.2, 0) is 6.54 Å². The number of Topliss-reactive ketones (excluding diaryl/α,β-unsaturated/α-hetero) is 1. The number of ether oxygens (including phenoxy) is 1. The molecule has 0 aliphatic carbocycles. The second-order valence-corrected chi connectivity index (χ2v) is 7.76. The summed E-state index contributed by atoms with van der Waals surface area (Å²) < 4.78 is 8.92. The van der Waals surface area contributed by atoms with Gasteiger partial charge in [0, 0.05) is 17.5 Å². The summed E-state index contributed by atoms with van der Waals surface area (Å²) in [5, 5.41) is 10.5. The van der Waals surface area contributed by atoms with E-state index in [0.29, 0.717) is 11.3 Å². The lowest BCUT2D eigenvalue weighted by atomic mass is 10.1. The van der Waals surface area contributed by atoms with Crippen LogP contribution in [-0.4, -0.2) is 32.7 Å². The number of imidazole rings is 1. The molecule has 0 saturated heterocycles. The molecule has 0 aliphatic rings. The first-order chi connectivity index (χ1) is 14.2. The molecule has 1 unspecified atom stereocenters. The van der Waals surface area contributed by atoms with Crippen molar-refractivity contribution >= 4 is 5.78 Å². The van der Waals surface area contributed by atoms with Gasteiger partial charge in [-0.2, -0.15) is 0 Å². The number of aromatic nitrogens is 2. The maximum Gasteiger partial charge on any atom is 0.333 e. The number of hydrogen-bond acceptors (Lipinski definition) is 4. The smallest absolute Gasteiger partial charge is 0.333 e. The summed E-state index contributed by atoms with van der Waals surface area (Å²) in [6.45, 7) is 9.55. The van der Waals surface area contributed by atoms with E-state index in [9.17, 15) is 14.7 Å². The Morgan fingerprint density at radius 1 is 1.03 bits per heavy atom. The van der Waals surface area contributed by atoms with Gasteiger partial charge in [-0.25, -0.2) is 4.79 Å². The Bertz CT molecular complexity index is 1120. The fourth-order valence-corrected chi connectivity index (χ4v) is 3.51. The molecule has 3 rings (SSSR count). The molecular formula is C24H28N2O4.